The molecule has 0 aromatic carbocycles. The van der Waals surface area contributed by atoms with E-state index in [0.717, 1.165) is 24.5 Å². The van der Waals surface area contributed by atoms with Crippen LogP contribution in [-0.2, 0) is 4.74 Å². The molecule has 2 nitrogen and oxygen atoms in total. The Labute approximate surface area is 108 Å². The fourth-order valence-electron chi connectivity index (χ4n) is 3.19. The van der Waals surface area contributed by atoms with Crippen LogP contribution in [0.1, 0.15) is 59.3 Å². The van der Waals surface area contributed by atoms with Crippen molar-refractivity contribution in [1.82, 2.24) is 5.32 Å². The van der Waals surface area contributed by atoms with Crippen LogP contribution in [0.5, 0.6) is 0 Å². The van der Waals surface area contributed by atoms with E-state index in [0.29, 0.717) is 6.10 Å². The van der Waals surface area contributed by atoms with E-state index in [9.17, 15) is 0 Å². The lowest BCUT2D eigenvalue weighted by Crippen LogP contribution is -2.39. The van der Waals surface area contributed by atoms with E-state index >= 15 is 0 Å². The molecular weight excluding hydrogens is 210 g/mol. The van der Waals surface area contributed by atoms with Crippen LogP contribution in [0.4, 0.5) is 0 Å². The molecule has 0 spiro atoms. The standard InChI is InChI=1S/C15H31NO/c1-5-6-13-7-8-15(16-4)14(11-13)9-10-17-12(2)3/h12-16H,5-11H2,1-4H3. The van der Waals surface area contributed by atoms with Crippen LogP contribution in [0.15, 0.2) is 0 Å². The first-order chi connectivity index (χ1) is 8.17. The number of hydrogen-bond acceptors (Lipinski definition) is 2. The summed E-state index contributed by atoms with van der Waals surface area (Å²) in [5.74, 6) is 1.79. The van der Waals surface area contributed by atoms with Crippen LogP contribution < -0.4 is 5.32 Å². The average Bonchev–Trinajstić information content (AvgIpc) is 2.29. The van der Waals surface area contributed by atoms with Crippen molar-refractivity contribution in [2.75, 3.05) is 13.7 Å². The predicted octanol–water partition coefficient (Wildman–Crippen LogP) is 3.61. The van der Waals surface area contributed by atoms with Gasteiger partial charge in [-0.2, -0.15) is 0 Å². The van der Waals surface area contributed by atoms with Crippen molar-refractivity contribution in [3.63, 3.8) is 0 Å². The first-order valence-electron chi connectivity index (χ1n) is 7.46. The minimum atomic E-state index is 0.373. The van der Waals surface area contributed by atoms with Crippen LogP contribution in [0.2, 0.25) is 0 Å². The van der Waals surface area contributed by atoms with E-state index in [1.54, 1.807) is 0 Å². The Morgan fingerprint density at radius 2 is 2.00 bits per heavy atom. The minimum Gasteiger partial charge on any atom is -0.379 e. The molecule has 102 valence electrons. The molecule has 0 aromatic rings. The van der Waals surface area contributed by atoms with Gasteiger partial charge >= 0.3 is 0 Å². The van der Waals surface area contributed by atoms with Crippen molar-refractivity contribution in [1.29, 1.82) is 0 Å². The molecule has 1 aliphatic carbocycles. The van der Waals surface area contributed by atoms with Crippen LogP contribution in [-0.4, -0.2) is 25.8 Å². The van der Waals surface area contributed by atoms with Crippen molar-refractivity contribution >= 4 is 0 Å². The topological polar surface area (TPSA) is 21.3 Å². The maximum Gasteiger partial charge on any atom is 0.0518 e. The molecule has 1 N–H and O–H groups in total. The summed E-state index contributed by atoms with van der Waals surface area (Å²) in [6.07, 6.45) is 8.53. The summed E-state index contributed by atoms with van der Waals surface area (Å²) in [4.78, 5) is 0. The molecular formula is C15H31NO. The number of nitrogens with one attached hydrogen (secondary N) is 1. The Bertz CT molecular complexity index is 193. The molecule has 0 heterocycles. The molecule has 3 unspecified atom stereocenters. The Morgan fingerprint density at radius 3 is 2.59 bits per heavy atom. The predicted molar refractivity (Wildman–Crippen MR) is 74.3 cm³/mol. The van der Waals surface area contributed by atoms with Crippen LogP contribution in [0.3, 0.4) is 0 Å². The third-order valence-corrected chi connectivity index (χ3v) is 4.10. The highest BCUT2D eigenvalue weighted by Gasteiger charge is 2.28. The summed E-state index contributed by atoms with van der Waals surface area (Å²) in [5.41, 5.74) is 0. The first kappa shape index (κ1) is 15.0. The fraction of sp³-hybridized carbons (Fsp3) is 1.00. The van der Waals surface area contributed by atoms with Gasteiger partial charge in [-0.1, -0.05) is 19.8 Å². The summed E-state index contributed by atoms with van der Waals surface area (Å²) in [6.45, 7) is 7.48. The van der Waals surface area contributed by atoms with Gasteiger partial charge in [-0.3, -0.25) is 0 Å². The molecule has 17 heavy (non-hydrogen) atoms. The highest BCUT2D eigenvalue weighted by molar-refractivity contribution is 4.83. The second-order valence-corrected chi connectivity index (χ2v) is 5.83. The van der Waals surface area contributed by atoms with Crippen LogP contribution in [0.25, 0.3) is 0 Å². The van der Waals surface area contributed by atoms with Crippen LogP contribution >= 0.6 is 0 Å². The zero-order valence-corrected chi connectivity index (χ0v) is 12.2. The molecule has 3 atom stereocenters. The lowest BCUT2D eigenvalue weighted by atomic mass is 9.75. The molecule has 1 saturated carbocycles. The SMILES string of the molecule is CCCC1CCC(NC)C(CCOC(C)C)C1. The molecule has 0 radical (unpaired) electrons. The normalized spacial score (nSPS) is 29.8. The molecule has 0 aliphatic heterocycles. The van der Waals surface area contributed by atoms with Crippen molar-refractivity contribution in [2.24, 2.45) is 11.8 Å². The second-order valence-electron chi connectivity index (χ2n) is 5.83. The summed E-state index contributed by atoms with van der Waals surface area (Å²) in [5, 5.41) is 3.50. The molecule has 0 bridgehead atoms. The van der Waals surface area contributed by atoms with Crippen molar-refractivity contribution in [2.45, 2.75) is 71.4 Å². The van der Waals surface area contributed by atoms with E-state index in [-0.39, 0.29) is 0 Å². The second kappa shape index (κ2) is 8.10. The zero-order chi connectivity index (χ0) is 12.7. The van der Waals surface area contributed by atoms with E-state index in [1.165, 1.54) is 38.5 Å². The highest BCUT2D eigenvalue weighted by Crippen LogP contribution is 2.33. The van der Waals surface area contributed by atoms with Gasteiger partial charge < -0.3 is 10.1 Å². The van der Waals surface area contributed by atoms with Gasteiger partial charge in [-0.05, 0) is 58.4 Å². The van der Waals surface area contributed by atoms with Gasteiger partial charge in [-0.15, -0.1) is 0 Å². The molecule has 1 fully saturated rings. The highest BCUT2D eigenvalue weighted by atomic mass is 16.5. The zero-order valence-electron chi connectivity index (χ0n) is 12.2. The van der Waals surface area contributed by atoms with E-state index in [1.807, 2.05) is 0 Å². The monoisotopic (exact) mass is 241 g/mol. The number of ether oxygens (including phenoxy) is 1. The van der Waals surface area contributed by atoms with Gasteiger partial charge in [-0.25, -0.2) is 0 Å². The first-order valence-corrected chi connectivity index (χ1v) is 7.46. The molecule has 0 amide bonds. The van der Waals surface area contributed by atoms with E-state index in [4.69, 9.17) is 4.74 Å². The summed E-state index contributed by atoms with van der Waals surface area (Å²) < 4.78 is 5.70. The van der Waals surface area contributed by atoms with Gasteiger partial charge in [0, 0.05) is 12.6 Å². The quantitative estimate of drug-likeness (QED) is 0.735. The summed E-state index contributed by atoms with van der Waals surface area (Å²) in [7, 11) is 2.11. The smallest absolute Gasteiger partial charge is 0.0518 e. The molecule has 1 aliphatic rings. The summed E-state index contributed by atoms with van der Waals surface area (Å²) in [6, 6.07) is 0.721. The van der Waals surface area contributed by atoms with Crippen molar-refractivity contribution in [3.05, 3.63) is 0 Å². The maximum absolute atomic E-state index is 5.70. The Balaban J connectivity index is 2.34. The third-order valence-electron chi connectivity index (χ3n) is 4.10. The average molecular weight is 241 g/mol. The maximum atomic E-state index is 5.70. The molecule has 0 saturated heterocycles. The Kier molecular flexibility index (Phi) is 7.14. The van der Waals surface area contributed by atoms with E-state index in [2.05, 4.69) is 33.1 Å². The largest absolute Gasteiger partial charge is 0.379 e. The van der Waals surface area contributed by atoms with Crippen molar-refractivity contribution < 1.29 is 4.74 Å². The van der Waals surface area contributed by atoms with Crippen molar-refractivity contribution in [3.8, 4) is 0 Å². The van der Waals surface area contributed by atoms with Gasteiger partial charge in [0.2, 0.25) is 0 Å². The Hall–Kier alpha value is -0.0800. The lowest BCUT2D eigenvalue weighted by Gasteiger charge is -2.36. The van der Waals surface area contributed by atoms with Gasteiger partial charge in [0.15, 0.2) is 0 Å². The molecule has 1 rings (SSSR count). The minimum absolute atomic E-state index is 0.373. The van der Waals surface area contributed by atoms with E-state index < -0.39 is 0 Å². The number of rotatable bonds is 7. The molecule has 0 aromatic heterocycles. The van der Waals surface area contributed by atoms with Gasteiger partial charge in [0.05, 0.1) is 6.10 Å². The number of hydrogen-bond donors (Lipinski definition) is 1. The van der Waals surface area contributed by atoms with Gasteiger partial charge in [0.25, 0.3) is 0 Å². The van der Waals surface area contributed by atoms with Gasteiger partial charge in [0.1, 0.15) is 0 Å². The van der Waals surface area contributed by atoms with Crippen LogP contribution in [0, 0.1) is 11.8 Å². The third kappa shape index (κ3) is 5.39. The lowest BCUT2D eigenvalue weighted by molar-refractivity contribution is 0.0556. The molecule has 2 heteroatoms. The Morgan fingerprint density at radius 1 is 1.24 bits per heavy atom. The fourth-order valence-corrected chi connectivity index (χ4v) is 3.19. The summed E-state index contributed by atoms with van der Waals surface area (Å²) >= 11 is 0.